The summed E-state index contributed by atoms with van der Waals surface area (Å²) in [7, 11) is 0. The molecule has 0 aliphatic carbocycles. The van der Waals surface area contributed by atoms with E-state index in [9.17, 15) is 13.9 Å². The van der Waals surface area contributed by atoms with Gasteiger partial charge >= 0.3 is 0 Å². The zero-order chi connectivity index (χ0) is 12.6. The largest absolute Gasteiger partial charge is 0.383 e. The van der Waals surface area contributed by atoms with Crippen molar-refractivity contribution in [2.75, 3.05) is 0 Å². The summed E-state index contributed by atoms with van der Waals surface area (Å²) in [5.41, 5.74) is -0.101. The standard InChI is InChI=1S/C11H6BrClF2OS/c12-6-4-8(17-11(6)13)10(16)5-2-1-3-7(14)9(5)15/h1-4,10,16H. The van der Waals surface area contributed by atoms with Crippen LogP contribution in [0.4, 0.5) is 8.78 Å². The van der Waals surface area contributed by atoms with Crippen molar-refractivity contribution in [2.24, 2.45) is 0 Å². The molecular formula is C11H6BrClF2OS. The minimum atomic E-state index is -1.22. The first-order valence-corrected chi connectivity index (χ1v) is 6.56. The first kappa shape index (κ1) is 13.0. The van der Waals surface area contributed by atoms with Crippen molar-refractivity contribution < 1.29 is 13.9 Å². The van der Waals surface area contributed by atoms with Gasteiger partial charge in [0.25, 0.3) is 0 Å². The Hall–Kier alpha value is -0.490. The van der Waals surface area contributed by atoms with Gasteiger partial charge in [-0.05, 0) is 28.1 Å². The molecule has 0 aliphatic heterocycles. The predicted molar refractivity (Wildman–Crippen MR) is 67.4 cm³/mol. The zero-order valence-electron chi connectivity index (χ0n) is 8.25. The van der Waals surface area contributed by atoms with Crippen LogP contribution >= 0.6 is 38.9 Å². The second kappa shape index (κ2) is 5.02. The highest BCUT2D eigenvalue weighted by Crippen LogP contribution is 2.37. The zero-order valence-corrected chi connectivity index (χ0v) is 11.4. The number of benzene rings is 1. The van der Waals surface area contributed by atoms with Crippen molar-refractivity contribution in [1.29, 1.82) is 0 Å². The van der Waals surface area contributed by atoms with Gasteiger partial charge in [-0.1, -0.05) is 23.7 Å². The monoisotopic (exact) mass is 338 g/mol. The topological polar surface area (TPSA) is 20.2 Å². The first-order chi connectivity index (χ1) is 8.00. The second-order valence-electron chi connectivity index (χ2n) is 3.32. The number of halogens is 4. The Labute approximate surface area is 114 Å². The summed E-state index contributed by atoms with van der Waals surface area (Å²) in [4.78, 5) is 0.450. The molecule has 0 amide bonds. The fourth-order valence-electron chi connectivity index (χ4n) is 1.38. The smallest absolute Gasteiger partial charge is 0.164 e. The van der Waals surface area contributed by atoms with Crippen LogP contribution in [0.1, 0.15) is 16.5 Å². The fourth-order valence-corrected chi connectivity index (χ4v) is 3.12. The third-order valence-electron chi connectivity index (χ3n) is 2.21. The molecule has 0 radical (unpaired) electrons. The summed E-state index contributed by atoms with van der Waals surface area (Å²) in [5, 5.41) is 9.96. The molecule has 0 saturated carbocycles. The Bertz CT molecular complexity index is 539. The quantitative estimate of drug-likeness (QED) is 0.852. The summed E-state index contributed by atoms with van der Waals surface area (Å²) >= 11 is 10.1. The molecule has 90 valence electrons. The van der Waals surface area contributed by atoms with Gasteiger partial charge in [0.2, 0.25) is 0 Å². The van der Waals surface area contributed by atoms with Gasteiger partial charge in [-0.2, -0.15) is 0 Å². The molecule has 1 heterocycles. The molecule has 2 aromatic rings. The van der Waals surface area contributed by atoms with Crippen LogP contribution < -0.4 is 0 Å². The number of thiophene rings is 1. The highest BCUT2D eigenvalue weighted by Gasteiger charge is 2.20. The van der Waals surface area contributed by atoms with Crippen molar-refractivity contribution in [2.45, 2.75) is 6.10 Å². The summed E-state index contributed by atoms with van der Waals surface area (Å²) in [6, 6.07) is 5.27. The van der Waals surface area contributed by atoms with Gasteiger partial charge < -0.3 is 5.11 Å². The number of hydrogen-bond acceptors (Lipinski definition) is 2. The van der Waals surface area contributed by atoms with E-state index in [1.54, 1.807) is 6.07 Å². The summed E-state index contributed by atoms with van der Waals surface area (Å²) < 4.78 is 27.6. The van der Waals surface area contributed by atoms with Gasteiger partial charge in [-0.25, -0.2) is 8.78 Å². The molecule has 1 N–H and O–H groups in total. The van der Waals surface area contributed by atoms with Gasteiger partial charge in [-0.15, -0.1) is 11.3 Å². The molecule has 1 atom stereocenters. The number of rotatable bonds is 2. The van der Waals surface area contributed by atoms with E-state index in [1.165, 1.54) is 12.1 Å². The van der Waals surface area contributed by atoms with Gasteiger partial charge in [0.05, 0.1) is 0 Å². The lowest BCUT2D eigenvalue weighted by molar-refractivity contribution is 0.217. The Morgan fingerprint density at radius 2 is 2.06 bits per heavy atom. The summed E-state index contributed by atoms with van der Waals surface area (Å²) in [6.07, 6.45) is -1.22. The Morgan fingerprint density at radius 3 is 2.65 bits per heavy atom. The van der Waals surface area contributed by atoms with Crippen LogP contribution in [0.15, 0.2) is 28.7 Å². The Kier molecular flexibility index (Phi) is 3.82. The molecule has 0 fully saturated rings. The van der Waals surface area contributed by atoms with Gasteiger partial charge in [0.15, 0.2) is 11.6 Å². The second-order valence-corrected chi connectivity index (χ2v) is 5.86. The van der Waals surface area contributed by atoms with E-state index in [1.807, 2.05) is 0 Å². The van der Waals surface area contributed by atoms with Crippen molar-refractivity contribution >= 4 is 38.9 Å². The minimum Gasteiger partial charge on any atom is -0.383 e. The lowest BCUT2D eigenvalue weighted by atomic mass is 10.1. The van der Waals surface area contributed by atoms with Crippen molar-refractivity contribution in [3.8, 4) is 0 Å². The molecule has 0 aliphatic rings. The number of hydrogen-bond donors (Lipinski definition) is 1. The normalized spacial score (nSPS) is 12.8. The molecule has 0 saturated heterocycles. The van der Waals surface area contributed by atoms with Crippen LogP contribution in [0.3, 0.4) is 0 Å². The molecule has 2 rings (SSSR count). The fraction of sp³-hybridized carbons (Fsp3) is 0.0909. The van der Waals surface area contributed by atoms with E-state index >= 15 is 0 Å². The Morgan fingerprint density at radius 1 is 1.35 bits per heavy atom. The van der Waals surface area contributed by atoms with Crippen molar-refractivity contribution in [1.82, 2.24) is 0 Å². The Balaban J connectivity index is 2.43. The highest BCUT2D eigenvalue weighted by molar-refractivity contribution is 9.10. The summed E-state index contributed by atoms with van der Waals surface area (Å²) in [6.45, 7) is 0. The predicted octanol–water partition coefficient (Wildman–Crippen LogP) is 4.52. The van der Waals surface area contributed by atoms with Crippen LogP contribution in [0.25, 0.3) is 0 Å². The molecule has 1 nitrogen and oxygen atoms in total. The average Bonchev–Trinajstić information content (AvgIpc) is 2.62. The third-order valence-corrected chi connectivity index (χ3v) is 4.74. The molecule has 17 heavy (non-hydrogen) atoms. The summed E-state index contributed by atoms with van der Waals surface area (Å²) in [5.74, 6) is -2.02. The average molecular weight is 340 g/mol. The minimum absolute atomic E-state index is 0.101. The molecule has 1 aromatic carbocycles. The highest BCUT2D eigenvalue weighted by atomic mass is 79.9. The van der Waals surface area contributed by atoms with E-state index in [4.69, 9.17) is 11.6 Å². The number of aliphatic hydroxyl groups is 1. The van der Waals surface area contributed by atoms with Crippen LogP contribution in [-0.2, 0) is 0 Å². The third kappa shape index (κ3) is 2.52. The first-order valence-electron chi connectivity index (χ1n) is 4.57. The molecule has 1 unspecified atom stereocenters. The molecule has 1 aromatic heterocycles. The molecule has 6 heteroatoms. The SMILES string of the molecule is OC(c1cc(Br)c(Cl)s1)c1cccc(F)c1F. The molecule has 0 bridgehead atoms. The van der Waals surface area contributed by atoms with Crippen LogP contribution in [0.2, 0.25) is 4.34 Å². The lowest BCUT2D eigenvalue weighted by Gasteiger charge is -2.09. The number of aliphatic hydroxyl groups excluding tert-OH is 1. The van der Waals surface area contributed by atoms with Crippen LogP contribution in [0.5, 0.6) is 0 Å². The van der Waals surface area contributed by atoms with Crippen molar-refractivity contribution in [3.63, 3.8) is 0 Å². The van der Waals surface area contributed by atoms with E-state index in [0.29, 0.717) is 13.7 Å². The van der Waals surface area contributed by atoms with E-state index in [2.05, 4.69) is 15.9 Å². The van der Waals surface area contributed by atoms with Crippen LogP contribution in [-0.4, -0.2) is 5.11 Å². The van der Waals surface area contributed by atoms with Crippen LogP contribution in [0, 0.1) is 11.6 Å². The lowest BCUT2D eigenvalue weighted by Crippen LogP contribution is -2.02. The van der Waals surface area contributed by atoms with E-state index in [0.717, 1.165) is 17.4 Å². The van der Waals surface area contributed by atoms with Gasteiger partial charge in [0, 0.05) is 14.9 Å². The van der Waals surface area contributed by atoms with Crippen molar-refractivity contribution in [3.05, 3.63) is 55.1 Å². The maximum Gasteiger partial charge on any atom is 0.164 e. The molecule has 0 spiro atoms. The van der Waals surface area contributed by atoms with Gasteiger partial charge in [-0.3, -0.25) is 0 Å². The van der Waals surface area contributed by atoms with E-state index < -0.39 is 17.7 Å². The van der Waals surface area contributed by atoms with Gasteiger partial charge in [0.1, 0.15) is 10.4 Å². The van der Waals surface area contributed by atoms with E-state index in [-0.39, 0.29) is 5.56 Å². The maximum absolute atomic E-state index is 13.5. The maximum atomic E-state index is 13.5. The molecular weight excluding hydrogens is 334 g/mol.